The van der Waals surface area contributed by atoms with E-state index in [-0.39, 0.29) is 24.6 Å². The first-order valence-corrected chi connectivity index (χ1v) is 11.3. The van der Waals surface area contributed by atoms with Crippen molar-refractivity contribution in [3.05, 3.63) is 64.1 Å². The molecule has 1 aliphatic heterocycles. The fraction of sp³-hybridized carbons (Fsp3) is 0.360. The minimum absolute atomic E-state index is 0.0159. The number of carbonyl (C=O) groups excluding carboxylic acids is 2. The van der Waals surface area contributed by atoms with Crippen molar-refractivity contribution in [3.63, 3.8) is 0 Å². The van der Waals surface area contributed by atoms with Crippen molar-refractivity contribution in [2.75, 3.05) is 6.79 Å². The second kappa shape index (κ2) is 10.4. The molecule has 1 aliphatic rings. The largest absolute Gasteiger partial charge is 0.454 e. The van der Waals surface area contributed by atoms with Crippen molar-refractivity contribution in [2.24, 2.45) is 0 Å². The van der Waals surface area contributed by atoms with E-state index in [0.717, 1.165) is 24.8 Å². The monoisotopic (exact) mass is 465 g/mol. The van der Waals surface area contributed by atoms with Crippen molar-refractivity contribution in [3.8, 4) is 11.5 Å². The number of aromatic nitrogens is 2. The number of aryl methyl sites for hydroxylation is 1. The number of unbranched alkanes of at least 4 members (excludes halogenated alkanes) is 2. The summed E-state index contributed by atoms with van der Waals surface area (Å²) in [6.07, 6.45) is 1.66. The summed E-state index contributed by atoms with van der Waals surface area (Å²) in [7, 11) is 0. The Morgan fingerprint density at radius 3 is 2.68 bits per heavy atom. The van der Waals surface area contributed by atoms with Gasteiger partial charge in [0.25, 0.3) is 11.5 Å². The molecule has 0 bridgehead atoms. The summed E-state index contributed by atoms with van der Waals surface area (Å²) < 4.78 is 17.3. The zero-order chi connectivity index (χ0) is 24.1. The van der Waals surface area contributed by atoms with Crippen molar-refractivity contribution in [1.29, 1.82) is 0 Å². The summed E-state index contributed by atoms with van der Waals surface area (Å²) in [6, 6.07) is 12.2. The lowest BCUT2D eigenvalue weighted by atomic mass is 10.1. The maximum Gasteiger partial charge on any atom is 0.360 e. The Morgan fingerprint density at radius 2 is 1.88 bits per heavy atom. The fourth-order valence-corrected chi connectivity index (χ4v) is 3.70. The average Bonchev–Trinajstić information content (AvgIpc) is 3.32. The van der Waals surface area contributed by atoms with Crippen LogP contribution < -0.4 is 20.3 Å². The minimum Gasteiger partial charge on any atom is -0.454 e. The standard InChI is InChI=1S/C25H27N3O6/c1-3-4-7-12-28-24(30)19-9-6-5-8-18(19)22(27-28)25(31)34-16(2)23(29)26-14-17-10-11-20-21(13-17)33-15-32-20/h5-6,8-11,13,16H,3-4,7,12,14-15H2,1-2H3,(H,26,29). The number of rotatable bonds is 9. The number of carbonyl (C=O) groups is 2. The lowest BCUT2D eigenvalue weighted by Crippen LogP contribution is -2.36. The number of ether oxygens (including phenoxy) is 3. The summed E-state index contributed by atoms with van der Waals surface area (Å²) >= 11 is 0. The molecule has 1 amide bonds. The van der Waals surface area contributed by atoms with Gasteiger partial charge in [-0.2, -0.15) is 5.10 Å². The maximum absolute atomic E-state index is 13.0. The molecule has 0 spiro atoms. The summed E-state index contributed by atoms with van der Waals surface area (Å²) in [5.74, 6) is 0.0733. The van der Waals surface area contributed by atoms with E-state index < -0.39 is 18.0 Å². The number of esters is 1. The van der Waals surface area contributed by atoms with Crippen molar-refractivity contribution in [1.82, 2.24) is 15.1 Å². The van der Waals surface area contributed by atoms with Crippen LogP contribution in [0.3, 0.4) is 0 Å². The van der Waals surface area contributed by atoms with Gasteiger partial charge in [0.15, 0.2) is 23.3 Å². The van der Waals surface area contributed by atoms with E-state index in [0.29, 0.717) is 28.8 Å². The predicted octanol–water partition coefficient (Wildman–Crippen LogP) is 3.18. The number of benzene rings is 2. The third-order valence-corrected chi connectivity index (χ3v) is 5.59. The van der Waals surface area contributed by atoms with Gasteiger partial charge in [-0.05, 0) is 37.1 Å². The first-order chi connectivity index (χ1) is 16.5. The van der Waals surface area contributed by atoms with Crippen LogP contribution in [-0.2, 0) is 22.6 Å². The number of nitrogens with one attached hydrogen (secondary N) is 1. The number of amides is 1. The topological polar surface area (TPSA) is 109 Å². The van der Waals surface area contributed by atoms with E-state index in [1.54, 1.807) is 36.4 Å². The van der Waals surface area contributed by atoms with Gasteiger partial charge in [0, 0.05) is 18.5 Å². The highest BCUT2D eigenvalue weighted by Crippen LogP contribution is 2.32. The zero-order valence-electron chi connectivity index (χ0n) is 19.2. The molecule has 3 aromatic rings. The van der Waals surface area contributed by atoms with Crippen LogP contribution in [0.5, 0.6) is 11.5 Å². The van der Waals surface area contributed by atoms with Gasteiger partial charge in [-0.25, -0.2) is 9.48 Å². The van der Waals surface area contributed by atoms with Crippen LogP contribution in [0, 0.1) is 0 Å². The number of hydrogen-bond acceptors (Lipinski definition) is 7. The molecule has 4 rings (SSSR count). The van der Waals surface area contributed by atoms with Gasteiger partial charge in [-0.3, -0.25) is 9.59 Å². The third kappa shape index (κ3) is 5.03. The average molecular weight is 466 g/mol. The molecule has 178 valence electrons. The lowest BCUT2D eigenvalue weighted by Gasteiger charge is -2.15. The second-order valence-corrected chi connectivity index (χ2v) is 8.08. The summed E-state index contributed by atoms with van der Waals surface area (Å²) in [6.45, 7) is 4.38. The molecule has 1 atom stereocenters. The molecule has 0 radical (unpaired) electrons. The van der Waals surface area contributed by atoms with Gasteiger partial charge in [-0.15, -0.1) is 0 Å². The van der Waals surface area contributed by atoms with E-state index >= 15 is 0 Å². The number of fused-ring (bicyclic) bond motifs is 2. The first kappa shape index (κ1) is 23.3. The first-order valence-electron chi connectivity index (χ1n) is 11.3. The number of hydrogen-bond donors (Lipinski definition) is 1. The minimum atomic E-state index is -1.05. The molecule has 1 N–H and O–H groups in total. The molecule has 0 aliphatic carbocycles. The Hall–Kier alpha value is -3.88. The molecule has 1 aromatic heterocycles. The third-order valence-electron chi connectivity index (χ3n) is 5.59. The van der Waals surface area contributed by atoms with E-state index in [1.807, 2.05) is 6.07 Å². The predicted molar refractivity (Wildman–Crippen MR) is 125 cm³/mol. The maximum atomic E-state index is 13.0. The van der Waals surface area contributed by atoms with Gasteiger partial charge >= 0.3 is 5.97 Å². The number of nitrogens with zero attached hydrogens (tertiary/aromatic N) is 2. The molecule has 0 saturated heterocycles. The summed E-state index contributed by atoms with van der Waals surface area (Å²) in [5, 5.41) is 7.82. The molecule has 9 heteroatoms. The highest BCUT2D eigenvalue weighted by molar-refractivity contribution is 6.02. The highest BCUT2D eigenvalue weighted by Gasteiger charge is 2.23. The van der Waals surface area contributed by atoms with Crippen LogP contribution in [0.25, 0.3) is 10.8 Å². The smallest absolute Gasteiger partial charge is 0.360 e. The molecular formula is C25H27N3O6. The van der Waals surface area contributed by atoms with Gasteiger partial charge in [0.2, 0.25) is 6.79 Å². The Kier molecular flexibility index (Phi) is 7.10. The van der Waals surface area contributed by atoms with Gasteiger partial charge in [0.1, 0.15) is 0 Å². The van der Waals surface area contributed by atoms with Gasteiger partial charge in [-0.1, -0.05) is 44.0 Å². The Labute approximate surface area is 196 Å². The SMILES string of the molecule is CCCCCn1nc(C(=O)OC(C)C(=O)NCc2ccc3c(c2)OCO3)c2ccccc2c1=O. The van der Waals surface area contributed by atoms with Crippen LogP contribution in [0.2, 0.25) is 0 Å². The Balaban J connectivity index is 1.45. The van der Waals surface area contributed by atoms with E-state index in [9.17, 15) is 14.4 Å². The molecule has 2 heterocycles. The van der Waals surface area contributed by atoms with Crippen LogP contribution in [0.15, 0.2) is 47.3 Å². The van der Waals surface area contributed by atoms with E-state index in [4.69, 9.17) is 14.2 Å². The van der Waals surface area contributed by atoms with Gasteiger partial charge < -0.3 is 19.5 Å². The van der Waals surface area contributed by atoms with E-state index in [1.165, 1.54) is 11.6 Å². The summed E-state index contributed by atoms with van der Waals surface area (Å²) in [4.78, 5) is 38.3. The molecular weight excluding hydrogens is 438 g/mol. The lowest BCUT2D eigenvalue weighted by molar-refractivity contribution is -0.129. The van der Waals surface area contributed by atoms with Crippen molar-refractivity contribution >= 4 is 22.6 Å². The molecule has 34 heavy (non-hydrogen) atoms. The molecule has 0 fully saturated rings. The van der Waals surface area contributed by atoms with Crippen molar-refractivity contribution in [2.45, 2.75) is 52.3 Å². The van der Waals surface area contributed by atoms with Crippen LogP contribution in [0.1, 0.15) is 49.2 Å². The normalized spacial score (nSPS) is 13.0. The fourth-order valence-electron chi connectivity index (χ4n) is 3.70. The quantitative estimate of drug-likeness (QED) is 0.382. The summed E-state index contributed by atoms with van der Waals surface area (Å²) in [5.41, 5.74) is 0.586. The van der Waals surface area contributed by atoms with Gasteiger partial charge in [0.05, 0.1) is 5.39 Å². The highest BCUT2D eigenvalue weighted by atomic mass is 16.7. The van der Waals surface area contributed by atoms with Crippen LogP contribution in [-0.4, -0.2) is 34.6 Å². The molecule has 1 unspecified atom stereocenters. The van der Waals surface area contributed by atoms with Crippen LogP contribution >= 0.6 is 0 Å². The molecule has 2 aromatic carbocycles. The zero-order valence-corrected chi connectivity index (χ0v) is 19.2. The molecule has 0 saturated carbocycles. The van der Waals surface area contributed by atoms with E-state index in [2.05, 4.69) is 17.3 Å². The Morgan fingerprint density at radius 1 is 1.12 bits per heavy atom. The second-order valence-electron chi connectivity index (χ2n) is 8.08. The molecule has 9 nitrogen and oxygen atoms in total. The van der Waals surface area contributed by atoms with Crippen LogP contribution in [0.4, 0.5) is 0 Å². The van der Waals surface area contributed by atoms with Crippen molar-refractivity contribution < 1.29 is 23.8 Å². The Bertz CT molecular complexity index is 1270.